The maximum atomic E-state index is 12.7. The highest BCUT2D eigenvalue weighted by atomic mass is 32.2. The number of hydrogen-bond acceptors (Lipinski definition) is 7. The number of carbonyl (C=O) groups excluding carboxylic acids is 1. The third kappa shape index (κ3) is 4.55. The van der Waals surface area contributed by atoms with Crippen molar-refractivity contribution in [2.45, 2.75) is 31.2 Å². The number of nitrogens with zero attached hydrogens (tertiary/aromatic N) is 3. The first kappa shape index (κ1) is 19.7. The summed E-state index contributed by atoms with van der Waals surface area (Å²) >= 11 is 0. The number of benzene rings is 1. The minimum absolute atomic E-state index is 0.00479. The van der Waals surface area contributed by atoms with Gasteiger partial charge < -0.3 is 15.0 Å². The van der Waals surface area contributed by atoms with Gasteiger partial charge in [0.1, 0.15) is 11.6 Å². The number of fused-ring (bicyclic) bond motifs is 1. The maximum absolute atomic E-state index is 12.7. The topological polar surface area (TPSA) is 114 Å². The quantitative estimate of drug-likeness (QED) is 0.746. The second-order valence-corrected chi connectivity index (χ2v) is 8.84. The molecule has 1 aromatic carbocycles. The smallest absolute Gasteiger partial charge is 0.240 e. The Labute approximate surface area is 169 Å². The van der Waals surface area contributed by atoms with E-state index in [4.69, 9.17) is 4.74 Å². The van der Waals surface area contributed by atoms with Gasteiger partial charge in [0.05, 0.1) is 24.7 Å². The Morgan fingerprint density at radius 1 is 1.17 bits per heavy atom. The van der Waals surface area contributed by atoms with Gasteiger partial charge in [-0.3, -0.25) is 4.79 Å². The molecule has 1 fully saturated rings. The molecule has 0 bridgehead atoms. The minimum atomic E-state index is -3.73. The summed E-state index contributed by atoms with van der Waals surface area (Å²) in [6.07, 6.45) is 0.875. The Morgan fingerprint density at radius 2 is 1.97 bits per heavy atom. The summed E-state index contributed by atoms with van der Waals surface area (Å²) in [7, 11) is -3.73. The van der Waals surface area contributed by atoms with Crippen LogP contribution in [-0.2, 0) is 32.5 Å². The molecule has 2 aromatic rings. The van der Waals surface area contributed by atoms with Crippen molar-refractivity contribution in [2.24, 2.45) is 0 Å². The van der Waals surface area contributed by atoms with Crippen LogP contribution in [0.5, 0.6) is 0 Å². The molecule has 0 radical (unpaired) electrons. The Hall–Kier alpha value is -2.56. The first-order valence-electron chi connectivity index (χ1n) is 9.50. The molecule has 0 unspecified atom stereocenters. The molecule has 3 heterocycles. The normalized spacial score (nSPS) is 17.0. The van der Waals surface area contributed by atoms with Crippen molar-refractivity contribution in [1.29, 1.82) is 0 Å². The van der Waals surface area contributed by atoms with Gasteiger partial charge >= 0.3 is 0 Å². The average Bonchev–Trinajstić information content (AvgIpc) is 2.72. The second-order valence-electron chi connectivity index (χ2n) is 7.07. The third-order valence-corrected chi connectivity index (χ3v) is 6.32. The number of ether oxygens (including phenoxy) is 1. The van der Waals surface area contributed by atoms with Crippen molar-refractivity contribution in [3.63, 3.8) is 0 Å². The van der Waals surface area contributed by atoms with E-state index in [-0.39, 0.29) is 17.3 Å². The molecule has 1 saturated heterocycles. The number of carbonyl (C=O) groups is 1. The number of morpholine rings is 1. The summed E-state index contributed by atoms with van der Waals surface area (Å²) in [5, 5.41) is 2.75. The van der Waals surface area contributed by atoms with Crippen LogP contribution in [0, 0.1) is 6.92 Å². The SMILES string of the molecule is Cc1cc(N2CCOCC2)nc(CNS(=O)(=O)c2ccc3c(c2)CCC(=O)N3)n1. The second kappa shape index (κ2) is 8.05. The van der Waals surface area contributed by atoms with Gasteiger partial charge in [0.15, 0.2) is 0 Å². The Bertz CT molecular complexity index is 1030. The van der Waals surface area contributed by atoms with E-state index in [1.54, 1.807) is 12.1 Å². The predicted octanol–water partition coefficient (Wildman–Crippen LogP) is 0.985. The minimum Gasteiger partial charge on any atom is -0.378 e. The molecule has 0 atom stereocenters. The van der Waals surface area contributed by atoms with Gasteiger partial charge in [0, 0.05) is 37.0 Å². The zero-order valence-electron chi connectivity index (χ0n) is 16.1. The number of nitrogens with one attached hydrogen (secondary N) is 2. The average molecular weight is 417 g/mol. The van der Waals surface area contributed by atoms with Crippen molar-refractivity contribution in [3.05, 3.63) is 41.3 Å². The summed E-state index contributed by atoms with van der Waals surface area (Å²) in [5.74, 6) is 1.14. The highest BCUT2D eigenvalue weighted by Gasteiger charge is 2.21. The van der Waals surface area contributed by atoms with E-state index in [2.05, 4.69) is 24.9 Å². The van der Waals surface area contributed by atoms with Gasteiger partial charge in [0.25, 0.3) is 0 Å². The van der Waals surface area contributed by atoms with Gasteiger partial charge in [-0.2, -0.15) is 0 Å². The van der Waals surface area contributed by atoms with E-state index >= 15 is 0 Å². The molecule has 4 rings (SSSR count). The van der Waals surface area contributed by atoms with Gasteiger partial charge in [0.2, 0.25) is 15.9 Å². The van der Waals surface area contributed by atoms with Crippen LogP contribution in [0.15, 0.2) is 29.2 Å². The van der Waals surface area contributed by atoms with Gasteiger partial charge in [-0.25, -0.2) is 23.1 Å². The molecule has 0 aliphatic carbocycles. The summed E-state index contributed by atoms with van der Waals surface area (Å²) in [5.41, 5.74) is 2.26. The maximum Gasteiger partial charge on any atom is 0.240 e. The van der Waals surface area contributed by atoms with E-state index < -0.39 is 10.0 Å². The molecule has 9 nitrogen and oxygen atoms in total. The first-order valence-corrected chi connectivity index (χ1v) is 11.0. The molecular weight excluding hydrogens is 394 g/mol. The van der Waals surface area contributed by atoms with Crippen LogP contribution in [0.3, 0.4) is 0 Å². The van der Waals surface area contributed by atoms with Gasteiger partial charge in [-0.15, -0.1) is 0 Å². The highest BCUT2D eigenvalue weighted by molar-refractivity contribution is 7.89. The zero-order valence-corrected chi connectivity index (χ0v) is 17.0. The van der Waals surface area contributed by atoms with Crippen molar-refractivity contribution in [3.8, 4) is 0 Å². The fourth-order valence-electron chi connectivity index (χ4n) is 3.42. The number of hydrogen-bond donors (Lipinski definition) is 2. The molecule has 0 saturated carbocycles. The molecule has 1 aromatic heterocycles. The van der Waals surface area contributed by atoms with Crippen LogP contribution in [0.25, 0.3) is 0 Å². The number of aromatic nitrogens is 2. The summed E-state index contributed by atoms with van der Waals surface area (Å²) in [6.45, 7) is 4.63. The lowest BCUT2D eigenvalue weighted by Crippen LogP contribution is -2.37. The van der Waals surface area contributed by atoms with Crippen LogP contribution in [0.2, 0.25) is 0 Å². The number of rotatable bonds is 5. The lowest BCUT2D eigenvalue weighted by molar-refractivity contribution is -0.116. The van der Waals surface area contributed by atoms with E-state index in [0.717, 1.165) is 30.2 Å². The van der Waals surface area contributed by atoms with Crippen LogP contribution >= 0.6 is 0 Å². The predicted molar refractivity (Wildman–Crippen MR) is 107 cm³/mol. The van der Waals surface area contributed by atoms with E-state index in [1.165, 1.54) is 6.07 Å². The number of sulfonamides is 1. The molecular formula is C19H23N5O4S. The Kier molecular flexibility index (Phi) is 5.48. The van der Waals surface area contributed by atoms with Gasteiger partial charge in [-0.1, -0.05) is 0 Å². The van der Waals surface area contributed by atoms with Crippen LogP contribution in [-0.4, -0.2) is 50.6 Å². The molecule has 2 N–H and O–H groups in total. The fraction of sp³-hybridized carbons (Fsp3) is 0.421. The van der Waals surface area contributed by atoms with Crippen molar-refractivity contribution in [2.75, 3.05) is 36.5 Å². The first-order chi connectivity index (χ1) is 13.9. The lowest BCUT2D eigenvalue weighted by Gasteiger charge is -2.28. The zero-order chi connectivity index (χ0) is 20.4. The number of amides is 1. The Balaban J connectivity index is 1.49. The highest BCUT2D eigenvalue weighted by Crippen LogP contribution is 2.25. The molecule has 10 heteroatoms. The monoisotopic (exact) mass is 417 g/mol. The standard InChI is InChI=1S/C19H23N5O4S/c1-13-10-18(24-6-8-28-9-7-24)23-17(21-13)12-20-29(26,27)15-3-4-16-14(11-15)2-5-19(25)22-16/h3-4,10-11,20H,2,5-9,12H2,1H3,(H,22,25). The van der Waals surface area contributed by atoms with Crippen LogP contribution in [0.4, 0.5) is 11.5 Å². The molecule has 0 spiro atoms. The summed E-state index contributed by atoms with van der Waals surface area (Å²) < 4.78 is 33.4. The third-order valence-electron chi connectivity index (χ3n) is 4.92. The summed E-state index contributed by atoms with van der Waals surface area (Å²) in [6, 6.07) is 6.61. The van der Waals surface area contributed by atoms with Crippen molar-refractivity contribution < 1.29 is 17.9 Å². The van der Waals surface area contributed by atoms with Crippen LogP contribution in [0.1, 0.15) is 23.5 Å². The van der Waals surface area contributed by atoms with Gasteiger partial charge in [-0.05, 0) is 37.1 Å². The molecule has 29 heavy (non-hydrogen) atoms. The molecule has 154 valence electrons. The van der Waals surface area contributed by atoms with Crippen LogP contribution < -0.4 is 14.9 Å². The van der Waals surface area contributed by atoms with E-state index in [1.807, 2.05) is 13.0 Å². The molecule has 2 aliphatic heterocycles. The summed E-state index contributed by atoms with van der Waals surface area (Å²) in [4.78, 5) is 22.6. The molecule has 2 aliphatic rings. The fourth-order valence-corrected chi connectivity index (χ4v) is 4.45. The lowest BCUT2D eigenvalue weighted by atomic mass is 10.0. The van der Waals surface area contributed by atoms with Crippen molar-refractivity contribution >= 4 is 27.4 Å². The van der Waals surface area contributed by atoms with E-state index in [0.29, 0.717) is 37.6 Å². The number of aryl methyl sites for hydroxylation is 2. The number of anilines is 2. The molecule has 1 amide bonds. The largest absolute Gasteiger partial charge is 0.378 e. The Morgan fingerprint density at radius 3 is 2.76 bits per heavy atom. The van der Waals surface area contributed by atoms with E-state index in [9.17, 15) is 13.2 Å². The van der Waals surface area contributed by atoms with Crippen molar-refractivity contribution in [1.82, 2.24) is 14.7 Å².